The van der Waals surface area contributed by atoms with Gasteiger partial charge in [0.2, 0.25) is 11.6 Å². The average molecular weight is 411 g/mol. The van der Waals surface area contributed by atoms with Crippen molar-refractivity contribution in [1.29, 1.82) is 0 Å². The molecule has 0 saturated carbocycles. The minimum Gasteiger partial charge on any atom is -0.466 e. The largest absolute Gasteiger partial charge is 0.466 e. The number of likely N-dealkylation sites (tertiary alicyclic amines) is 1. The lowest BCUT2D eigenvalue weighted by atomic mass is 9.97. The average Bonchev–Trinajstić information content (AvgIpc) is 2.69. The Kier molecular flexibility index (Phi) is 5.90. The van der Waals surface area contributed by atoms with Crippen LogP contribution in [0, 0.1) is 5.92 Å². The zero-order valence-corrected chi connectivity index (χ0v) is 15.7. The highest BCUT2D eigenvalue weighted by molar-refractivity contribution is 5.81. The van der Waals surface area contributed by atoms with Gasteiger partial charge in [-0.2, -0.15) is 13.2 Å². The fraction of sp³-hybridized carbons (Fsp3) is 0.474. The van der Waals surface area contributed by atoms with E-state index >= 15 is 0 Å². The SMILES string of the molecule is CCOC(=O)C1CCN(C(=O)Cn2c(=O)c(C(F)(F)F)nc3ccccc32)CC1. The maximum Gasteiger partial charge on any atom is 0.438 e. The van der Waals surface area contributed by atoms with Crippen molar-refractivity contribution < 1.29 is 27.5 Å². The number of benzene rings is 1. The van der Waals surface area contributed by atoms with Crippen LogP contribution in [0.15, 0.2) is 29.1 Å². The summed E-state index contributed by atoms with van der Waals surface area (Å²) in [6, 6.07) is 5.87. The molecule has 0 unspecified atom stereocenters. The van der Waals surface area contributed by atoms with Crippen molar-refractivity contribution in [3.05, 3.63) is 40.3 Å². The zero-order chi connectivity index (χ0) is 21.2. The Labute approximate surface area is 164 Å². The quantitative estimate of drug-likeness (QED) is 0.721. The number of esters is 1. The van der Waals surface area contributed by atoms with E-state index in [1.807, 2.05) is 0 Å². The molecule has 1 amide bonds. The molecule has 1 saturated heterocycles. The van der Waals surface area contributed by atoms with Gasteiger partial charge in [0, 0.05) is 13.1 Å². The lowest BCUT2D eigenvalue weighted by Gasteiger charge is -2.31. The molecule has 29 heavy (non-hydrogen) atoms. The van der Waals surface area contributed by atoms with Crippen LogP contribution in [-0.2, 0) is 27.0 Å². The van der Waals surface area contributed by atoms with Crippen LogP contribution in [0.25, 0.3) is 11.0 Å². The van der Waals surface area contributed by atoms with Crippen LogP contribution in [-0.4, -0.2) is 46.0 Å². The molecule has 0 aliphatic carbocycles. The van der Waals surface area contributed by atoms with Crippen molar-refractivity contribution in [3.8, 4) is 0 Å². The topological polar surface area (TPSA) is 81.5 Å². The molecule has 1 aliphatic heterocycles. The number of ether oxygens (including phenoxy) is 1. The first kappa shape index (κ1) is 20.8. The molecule has 10 heteroatoms. The summed E-state index contributed by atoms with van der Waals surface area (Å²) in [5.41, 5.74) is -2.77. The Morgan fingerprint density at radius 3 is 2.48 bits per heavy atom. The van der Waals surface area contributed by atoms with E-state index in [4.69, 9.17) is 4.74 Å². The van der Waals surface area contributed by atoms with Gasteiger partial charge in [-0.15, -0.1) is 0 Å². The molecule has 0 N–H and O–H groups in total. The number of halogens is 3. The third kappa shape index (κ3) is 4.41. The van der Waals surface area contributed by atoms with E-state index in [0.717, 1.165) is 4.57 Å². The number of para-hydroxylation sites is 2. The molecule has 1 aromatic heterocycles. The molecule has 0 atom stereocenters. The van der Waals surface area contributed by atoms with Crippen molar-refractivity contribution in [2.45, 2.75) is 32.5 Å². The van der Waals surface area contributed by atoms with Crippen LogP contribution in [0.4, 0.5) is 13.2 Å². The normalized spacial score (nSPS) is 15.5. The molecular formula is C19H20F3N3O4. The van der Waals surface area contributed by atoms with Gasteiger partial charge in [0.25, 0.3) is 5.56 Å². The Hall–Kier alpha value is -2.91. The highest BCUT2D eigenvalue weighted by Gasteiger charge is 2.38. The number of fused-ring (bicyclic) bond motifs is 1. The third-order valence-electron chi connectivity index (χ3n) is 4.88. The maximum absolute atomic E-state index is 13.2. The number of alkyl halides is 3. The maximum atomic E-state index is 13.2. The number of nitrogens with zero attached hydrogens (tertiary/aromatic N) is 3. The predicted octanol–water partition coefficient (Wildman–Crippen LogP) is 2.22. The van der Waals surface area contributed by atoms with Crippen molar-refractivity contribution >= 4 is 22.9 Å². The summed E-state index contributed by atoms with van der Waals surface area (Å²) in [6.45, 7) is 1.99. The first-order valence-corrected chi connectivity index (χ1v) is 9.23. The summed E-state index contributed by atoms with van der Waals surface area (Å²) in [5.74, 6) is -1.11. The molecule has 2 aromatic rings. The molecule has 1 aromatic carbocycles. The number of carbonyl (C=O) groups excluding carboxylic acids is 2. The van der Waals surface area contributed by atoms with Crippen LogP contribution in [0.2, 0.25) is 0 Å². The zero-order valence-electron chi connectivity index (χ0n) is 15.7. The van der Waals surface area contributed by atoms with E-state index < -0.39 is 29.9 Å². The second-order valence-corrected chi connectivity index (χ2v) is 6.75. The molecule has 1 aliphatic rings. The molecule has 0 bridgehead atoms. The van der Waals surface area contributed by atoms with E-state index in [9.17, 15) is 27.6 Å². The van der Waals surface area contributed by atoms with Crippen molar-refractivity contribution in [3.63, 3.8) is 0 Å². The summed E-state index contributed by atoms with van der Waals surface area (Å²) < 4.78 is 45.4. The van der Waals surface area contributed by atoms with Crippen molar-refractivity contribution in [1.82, 2.24) is 14.5 Å². The molecule has 156 valence electrons. The van der Waals surface area contributed by atoms with Gasteiger partial charge in [0.1, 0.15) is 6.54 Å². The summed E-state index contributed by atoms with van der Waals surface area (Å²) in [7, 11) is 0. The lowest BCUT2D eigenvalue weighted by Crippen LogP contribution is -2.43. The molecular weight excluding hydrogens is 391 g/mol. The van der Waals surface area contributed by atoms with Gasteiger partial charge in [-0.3, -0.25) is 19.0 Å². The Morgan fingerprint density at radius 1 is 1.21 bits per heavy atom. The molecule has 0 spiro atoms. The Balaban J connectivity index is 1.83. The summed E-state index contributed by atoms with van der Waals surface area (Å²) in [5, 5.41) is 0. The summed E-state index contributed by atoms with van der Waals surface area (Å²) >= 11 is 0. The number of piperidine rings is 1. The summed E-state index contributed by atoms with van der Waals surface area (Å²) in [6.07, 6.45) is -4.11. The second kappa shape index (κ2) is 8.22. The third-order valence-corrected chi connectivity index (χ3v) is 4.88. The number of hydrogen-bond acceptors (Lipinski definition) is 5. The number of aromatic nitrogens is 2. The molecule has 2 heterocycles. The van der Waals surface area contributed by atoms with Crippen LogP contribution in [0.1, 0.15) is 25.5 Å². The van der Waals surface area contributed by atoms with E-state index in [-0.39, 0.29) is 42.6 Å². The van der Waals surface area contributed by atoms with Gasteiger partial charge in [0.15, 0.2) is 0 Å². The summed E-state index contributed by atoms with van der Waals surface area (Å²) in [4.78, 5) is 41.8. The highest BCUT2D eigenvalue weighted by Crippen LogP contribution is 2.26. The minimum absolute atomic E-state index is 0.0201. The van der Waals surface area contributed by atoms with E-state index in [1.54, 1.807) is 13.0 Å². The van der Waals surface area contributed by atoms with Crippen LogP contribution in [0.3, 0.4) is 0 Å². The Morgan fingerprint density at radius 2 is 1.86 bits per heavy atom. The van der Waals surface area contributed by atoms with Gasteiger partial charge in [0.05, 0.1) is 23.6 Å². The van der Waals surface area contributed by atoms with Crippen LogP contribution in [0.5, 0.6) is 0 Å². The molecule has 7 nitrogen and oxygen atoms in total. The smallest absolute Gasteiger partial charge is 0.438 e. The van der Waals surface area contributed by atoms with Crippen LogP contribution < -0.4 is 5.56 Å². The van der Waals surface area contributed by atoms with Gasteiger partial charge in [-0.05, 0) is 31.9 Å². The predicted molar refractivity (Wildman–Crippen MR) is 96.9 cm³/mol. The van der Waals surface area contributed by atoms with Gasteiger partial charge < -0.3 is 9.64 Å². The fourth-order valence-corrected chi connectivity index (χ4v) is 3.39. The Bertz CT molecular complexity index is 979. The van der Waals surface area contributed by atoms with Gasteiger partial charge in [-0.25, -0.2) is 4.98 Å². The van der Waals surface area contributed by atoms with Crippen molar-refractivity contribution in [2.75, 3.05) is 19.7 Å². The standard InChI is InChI=1S/C19H20F3N3O4/c1-2-29-18(28)12-7-9-24(10-8-12)15(26)11-25-14-6-4-3-5-13(14)23-16(17(25)27)19(20,21)22/h3-6,12H,2,7-11H2,1H3. The molecule has 3 rings (SSSR count). The number of carbonyl (C=O) groups is 2. The molecule has 0 radical (unpaired) electrons. The van der Waals surface area contributed by atoms with Crippen LogP contribution >= 0.6 is 0 Å². The number of amides is 1. The van der Waals surface area contributed by atoms with Crippen molar-refractivity contribution in [2.24, 2.45) is 5.92 Å². The molecule has 1 fully saturated rings. The van der Waals surface area contributed by atoms with E-state index in [1.165, 1.54) is 23.1 Å². The first-order valence-electron chi connectivity index (χ1n) is 9.23. The second-order valence-electron chi connectivity index (χ2n) is 6.75. The number of hydrogen-bond donors (Lipinski definition) is 0. The minimum atomic E-state index is -4.93. The highest BCUT2D eigenvalue weighted by atomic mass is 19.4. The number of rotatable bonds is 4. The first-order chi connectivity index (χ1) is 13.7. The van der Waals surface area contributed by atoms with E-state index in [2.05, 4.69) is 4.98 Å². The van der Waals surface area contributed by atoms with Gasteiger partial charge in [-0.1, -0.05) is 12.1 Å². The van der Waals surface area contributed by atoms with Gasteiger partial charge >= 0.3 is 12.1 Å². The lowest BCUT2D eigenvalue weighted by molar-refractivity contribution is -0.151. The fourth-order valence-electron chi connectivity index (χ4n) is 3.39. The van der Waals surface area contributed by atoms with E-state index in [0.29, 0.717) is 12.8 Å². The monoisotopic (exact) mass is 411 g/mol.